The van der Waals surface area contributed by atoms with E-state index in [0.717, 1.165) is 18.5 Å². The number of H-pyrrole nitrogens is 1. The quantitative estimate of drug-likeness (QED) is 0.595. The van der Waals surface area contributed by atoms with Gasteiger partial charge in [-0.1, -0.05) is 0 Å². The molecule has 7 nitrogen and oxygen atoms in total. The molecule has 2 fully saturated rings. The third-order valence-electron chi connectivity index (χ3n) is 6.40. The number of rotatable bonds is 4. The highest BCUT2D eigenvalue weighted by Crippen LogP contribution is 2.19. The minimum absolute atomic E-state index is 0.00433. The van der Waals surface area contributed by atoms with Crippen LogP contribution in [0.15, 0.2) is 47.3 Å². The molecular weight excluding hydrogens is 443 g/mol. The van der Waals surface area contributed by atoms with Gasteiger partial charge in [0, 0.05) is 44.0 Å². The normalized spacial score (nSPS) is 18.8. The van der Waals surface area contributed by atoms with E-state index in [1.54, 1.807) is 39.8 Å². The van der Waals surface area contributed by atoms with Crippen LogP contribution in [0.3, 0.4) is 0 Å². The summed E-state index contributed by atoms with van der Waals surface area (Å²) in [6.07, 6.45) is 1.92. The van der Waals surface area contributed by atoms with Crippen LogP contribution in [-0.4, -0.2) is 59.2 Å². The lowest BCUT2D eigenvalue weighted by Crippen LogP contribution is -2.48. The van der Waals surface area contributed by atoms with Gasteiger partial charge in [0.25, 0.3) is 11.5 Å². The van der Waals surface area contributed by atoms with Crippen molar-refractivity contribution >= 4 is 34.7 Å². The van der Waals surface area contributed by atoms with Gasteiger partial charge in [0.05, 0.1) is 23.6 Å². The molecule has 0 aliphatic carbocycles. The molecule has 1 amide bonds. The maximum absolute atomic E-state index is 13.2. The van der Waals surface area contributed by atoms with Crippen molar-refractivity contribution in [3.63, 3.8) is 0 Å². The first-order valence-electron chi connectivity index (χ1n) is 11.2. The number of piperazine rings is 1. The van der Waals surface area contributed by atoms with Gasteiger partial charge in [-0.3, -0.25) is 14.2 Å². The summed E-state index contributed by atoms with van der Waals surface area (Å²) in [4.78, 5) is 33.2. The Morgan fingerprint density at radius 1 is 1.12 bits per heavy atom. The summed E-state index contributed by atoms with van der Waals surface area (Å²) in [5.41, 5.74) is 1.85. The number of amides is 1. The van der Waals surface area contributed by atoms with E-state index in [9.17, 15) is 14.0 Å². The van der Waals surface area contributed by atoms with Crippen LogP contribution in [0.4, 0.5) is 10.1 Å². The zero-order chi connectivity index (χ0) is 22.9. The minimum atomic E-state index is -0.262. The van der Waals surface area contributed by atoms with Crippen molar-refractivity contribution < 1.29 is 13.9 Å². The van der Waals surface area contributed by atoms with Gasteiger partial charge >= 0.3 is 0 Å². The van der Waals surface area contributed by atoms with Crippen molar-refractivity contribution in [3.8, 4) is 0 Å². The van der Waals surface area contributed by atoms with Crippen molar-refractivity contribution in [1.82, 2.24) is 14.5 Å². The highest BCUT2D eigenvalue weighted by molar-refractivity contribution is 7.71. The molecule has 2 saturated heterocycles. The lowest BCUT2D eigenvalue weighted by molar-refractivity contribution is 0.0747. The molecule has 9 heteroatoms. The molecule has 1 N–H and O–H groups in total. The molecule has 0 radical (unpaired) electrons. The summed E-state index contributed by atoms with van der Waals surface area (Å²) in [5, 5.41) is 0.499. The predicted octanol–water partition coefficient (Wildman–Crippen LogP) is 3.34. The number of nitrogens with one attached hydrogen (secondary N) is 1. The van der Waals surface area contributed by atoms with E-state index in [4.69, 9.17) is 17.0 Å². The fourth-order valence-corrected chi connectivity index (χ4v) is 4.81. The molecule has 33 heavy (non-hydrogen) atoms. The standard InChI is InChI=1S/C24H25FN4O3S/c25-17-4-6-18(7-5-17)27-9-11-28(12-10-27)22(30)16-3-8-20-21(14-16)26-24(33)29(23(20)31)15-19-2-1-13-32-19/h3-8,14,19H,1-2,9-13,15H2,(H,26,33)/t19-/m0/s1. The first kappa shape index (κ1) is 21.8. The Hall–Kier alpha value is -3.04. The minimum Gasteiger partial charge on any atom is -0.376 e. The number of ether oxygens (including phenoxy) is 1. The molecule has 0 unspecified atom stereocenters. The number of anilines is 1. The molecule has 0 spiro atoms. The maximum Gasteiger partial charge on any atom is 0.262 e. The fourth-order valence-electron chi connectivity index (χ4n) is 4.55. The van der Waals surface area contributed by atoms with Crippen LogP contribution >= 0.6 is 12.2 Å². The molecule has 3 heterocycles. The van der Waals surface area contributed by atoms with Crippen LogP contribution in [0.5, 0.6) is 0 Å². The molecule has 172 valence electrons. The second-order valence-electron chi connectivity index (χ2n) is 8.50. The van der Waals surface area contributed by atoms with Gasteiger partial charge in [-0.15, -0.1) is 0 Å². The summed E-state index contributed by atoms with van der Waals surface area (Å²) in [7, 11) is 0. The smallest absolute Gasteiger partial charge is 0.262 e. The molecule has 0 bridgehead atoms. The van der Waals surface area contributed by atoms with Crippen molar-refractivity contribution in [2.75, 3.05) is 37.7 Å². The van der Waals surface area contributed by atoms with E-state index in [-0.39, 0.29) is 23.4 Å². The zero-order valence-electron chi connectivity index (χ0n) is 18.1. The van der Waals surface area contributed by atoms with Gasteiger partial charge in [-0.2, -0.15) is 0 Å². The molecule has 3 aromatic rings. The number of nitrogens with zero attached hydrogens (tertiary/aromatic N) is 3. The van der Waals surface area contributed by atoms with Crippen molar-refractivity contribution in [3.05, 3.63) is 69.0 Å². The molecule has 0 saturated carbocycles. The van der Waals surface area contributed by atoms with Crippen LogP contribution in [0.2, 0.25) is 0 Å². The molecule has 5 rings (SSSR count). The number of aromatic nitrogens is 2. The molecule has 2 aliphatic rings. The van der Waals surface area contributed by atoms with Crippen LogP contribution in [0.1, 0.15) is 23.2 Å². The Morgan fingerprint density at radius 2 is 1.88 bits per heavy atom. The van der Waals surface area contributed by atoms with E-state index in [1.807, 2.05) is 0 Å². The topological polar surface area (TPSA) is 70.6 Å². The van der Waals surface area contributed by atoms with Gasteiger partial charge in [0.15, 0.2) is 4.77 Å². The van der Waals surface area contributed by atoms with Gasteiger partial charge < -0.3 is 19.5 Å². The summed E-state index contributed by atoms with van der Waals surface area (Å²) in [6.45, 7) is 3.61. The van der Waals surface area contributed by atoms with E-state index < -0.39 is 0 Å². The van der Waals surface area contributed by atoms with Crippen LogP contribution in [-0.2, 0) is 11.3 Å². The van der Waals surface area contributed by atoms with Crippen LogP contribution < -0.4 is 10.5 Å². The molecular formula is C24H25FN4O3S. The average Bonchev–Trinajstić information content (AvgIpc) is 3.35. The first-order valence-corrected chi connectivity index (χ1v) is 11.6. The summed E-state index contributed by atoms with van der Waals surface area (Å²) >= 11 is 5.43. The van der Waals surface area contributed by atoms with Gasteiger partial charge in [0.1, 0.15) is 5.82 Å². The summed E-state index contributed by atoms with van der Waals surface area (Å²) in [5.74, 6) is -0.347. The second-order valence-corrected chi connectivity index (χ2v) is 8.88. The zero-order valence-corrected chi connectivity index (χ0v) is 18.9. The maximum atomic E-state index is 13.2. The number of halogens is 1. The molecule has 1 atom stereocenters. The number of carbonyl (C=O) groups is 1. The Bertz CT molecular complexity index is 1290. The largest absolute Gasteiger partial charge is 0.376 e. The number of aromatic amines is 1. The number of hydrogen-bond donors (Lipinski definition) is 1. The molecule has 1 aromatic heterocycles. The monoisotopic (exact) mass is 468 g/mol. The number of benzene rings is 2. The summed E-state index contributed by atoms with van der Waals surface area (Å²) < 4.78 is 20.7. The van der Waals surface area contributed by atoms with E-state index >= 15 is 0 Å². The fraction of sp³-hybridized carbons (Fsp3) is 0.375. The first-order chi connectivity index (χ1) is 16.0. The van der Waals surface area contributed by atoms with E-state index in [2.05, 4.69) is 9.88 Å². The van der Waals surface area contributed by atoms with Gasteiger partial charge in [-0.05, 0) is 67.5 Å². The third-order valence-corrected chi connectivity index (χ3v) is 6.72. The number of carbonyl (C=O) groups excluding carboxylic acids is 1. The van der Waals surface area contributed by atoms with Crippen molar-refractivity contribution in [2.24, 2.45) is 0 Å². The molecule has 2 aliphatic heterocycles. The Balaban J connectivity index is 1.32. The lowest BCUT2D eigenvalue weighted by atomic mass is 10.1. The Labute approximate surface area is 195 Å². The highest BCUT2D eigenvalue weighted by Gasteiger charge is 2.23. The average molecular weight is 469 g/mol. The molecule has 2 aromatic carbocycles. The van der Waals surface area contributed by atoms with Crippen LogP contribution in [0, 0.1) is 10.6 Å². The Morgan fingerprint density at radius 3 is 2.58 bits per heavy atom. The van der Waals surface area contributed by atoms with Gasteiger partial charge in [-0.25, -0.2) is 4.39 Å². The van der Waals surface area contributed by atoms with E-state index in [0.29, 0.717) is 60.6 Å². The van der Waals surface area contributed by atoms with E-state index in [1.165, 1.54) is 12.1 Å². The van der Waals surface area contributed by atoms with Crippen molar-refractivity contribution in [1.29, 1.82) is 0 Å². The van der Waals surface area contributed by atoms with Crippen LogP contribution in [0.25, 0.3) is 10.9 Å². The van der Waals surface area contributed by atoms with Gasteiger partial charge in [0.2, 0.25) is 0 Å². The SMILES string of the molecule is O=C(c1ccc2c(=O)n(C[C@@H]3CCCO3)c(=S)[nH]c2c1)N1CCN(c2ccc(F)cc2)CC1. The highest BCUT2D eigenvalue weighted by atomic mass is 32.1. The number of fused-ring (bicyclic) bond motifs is 1. The van der Waals surface area contributed by atoms with Crippen molar-refractivity contribution in [2.45, 2.75) is 25.5 Å². The lowest BCUT2D eigenvalue weighted by Gasteiger charge is -2.36. The number of hydrogen-bond acceptors (Lipinski definition) is 5. The Kier molecular flexibility index (Phi) is 5.99. The predicted molar refractivity (Wildman–Crippen MR) is 127 cm³/mol. The summed E-state index contributed by atoms with van der Waals surface area (Å²) in [6, 6.07) is 11.5. The third kappa shape index (κ3) is 4.43. The second kappa shape index (κ2) is 9.07.